The van der Waals surface area contributed by atoms with Crippen molar-refractivity contribution in [2.45, 2.75) is 6.10 Å². The highest BCUT2D eigenvalue weighted by molar-refractivity contribution is 5.20. The molecular formula is C11H18N2O3. The van der Waals surface area contributed by atoms with Crippen molar-refractivity contribution in [1.29, 1.82) is 0 Å². The molecule has 1 aromatic rings. The SMILES string of the molecule is OCCNNC[C@H](O)COc1ccccc1. The van der Waals surface area contributed by atoms with Crippen molar-refractivity contribution in [3.63, 3.8) is 0 Å². The second-order valence-electron chi connectivity index (χ2n) is 3.31. The maximum absolute atomic E-state index is 9.52. The molecule has 90 valence electrons. The molecule has 0 aliphatic heterocycles. The largest absolute Gasteiger partial charge is 0.491 e. The first-order valence-corrected chi connectivity index (χ1v) is 5.25. The van der Waals surface area contributed by atoms with Gasteiger partial charge < -0.3 is 14.9 Å². The number of nitrogens with one attached hydrogen (secondary N) is 2. The molecule has 1 rings (SSSR count). The Hall–Kier alpha value is -1.14. The van der Waals surface area contributed by atoms with E-state index in [0.29, 0.717) is 13.1 Å². The van der Waals surface area contributed by atoms with Crippen LogP contribution in [0.4, 0.5) is 0 Å². The molecular weight excluding hydrogens is 208 g/mol. The summed E-state index contributed by atoms with van der Waals surface area (Å²) in [5.74, 6) is 0.741. The Kier molecular flexibility index (Phi) is 6.52. The summed E-state index contributed by atoms with van der Waals surface area (Å²) in [5, 5.41) is 18.0. The third kappa shape index (κ3) is 5.67. The molecule has 5 nitrogen and oxygen atoms in total. The number of hydrogen-bond acceptors (Lipinski definition) is 5. The highest BCUT2D eigenvalue weighted by Gasteiger charge is 2.03. The van der Waals surface area contributed by atoms with Crippen molar-refractivity contribution in [2.24, 2.45) is 0 Å². The summed E-state index contributed by atoms with van der Waals surface area (Å²) >= 11 is 0. The van der Waals surface area contributed by atoms with Crippen LogP contribution in [0.15, 0.2) is 30.3 Å². The van der Waals surface area contributed by atoms with Gasteiger partial charge in [-0.25, -0.2) is 0 Å². The van der Waals surface area contributed by atoms with Crippen molar-refractivity contribution in [3.05, 3.63) is 30.3 Å². The van der Waals surface area contributed by atoms with Crippen LogP contribution in [0.2, 0.25) is 0 Å². The molecule has 4 N–H and O–H groups in total. The Morgan fingerprint density at radius 1 is 1.19 bits per heavy atom. The van der Waals surface area contributed by atoms with E-state index in [1.54, 1.807) is 0 Å². The van der Waals surface area contributed by atoms with E-state index in [9.17, 15) is 5.11 Å². The fourth-order valence-corrected chi connectivity index (χ4v) is 1.10. The molecule has 0 saturated carbocycles. The molecule has 16 heavy (non-hydrogen) atoms. The zero-order valence-electron chi connectivity index (χ0n) is 9.10. The number of ether oxygens (including phenoxy) is 1. The van der Waals surface area contributed by atoms with Gasteiger partial charge in [0.1, 0.15) is 18.5 Å². The highest BCUT2D eigenvalue weighted by atomic mass is 16.5. The third-order valence-corrected chi connectivity index (χ3v) is 1.89. The lowest BCUT2D eigenvalue weighted by Gasteiger charge is -2.13. The average Bonchev–Trinajstić information content (AvgIpc) is 2.33. The molecule has 0 spiro atoms. The molecule has 0 bridgehead atoms. The van der Waals surface area contributed by atoms with Crippen LogP contribution in [0.1, 0.15) is 0 Å². The van der Waals surface area contributed by atoms with Gasteiger partial charge in [-0.2, -0.15) is 0 Å². The van der Waals surface area contributed by atoms with Crippen LogP contribution in [0.3, 0.4) is 0 Å². The smallest absolute Gasteiger partial charge is 0.119 e. The number of rotatable bonds is 8. The molecule has 1 aromatic carbocycles. The Labute approximate surface area is 95.0 Å². The summed E-state index contributed by atoms with van der Waals surface area (Å²) in [5.41, 5.74) is 5.53. The lowest BCUT2D eigenvalue weighted by Crippen LogP contribution is -2.41. The molecule has 0 heterocycles. The van der Waals surface area contributed by atoms with Crippen molar-refractivity contribution < 1.29 is 14.9 Å². The topological polar surface area (TPSA) is 73.8 Å². The lowest BCUT2D eigenvalue weighted by molar-refractivity contribution is 0.102. The second-order valence-corrected chi connectivity index (χ2v) is 3.31. The van der Waals surface area contributed by atoms with Gasteiger partial charge in [-0.3, -0.25) is 10.9 Å². The summed E-state index contributed by atoms with van der Waals surface area (Å²) < 4.78 is 5.36. The molecule has 0 amide bonds. The molecule has 1 atom stereocenters. The normalized spacial score (nSPS) is 12.4. The van der Waals surface area contributed by atoms with Gasteiger partial charge in [0.2, 0.25) is 0 Å². The molecule has 0 aliphatic carbocycles. The number of aliphatic hydroxyl groups excluding tert-OH is 2. The van der Waals surface area contributed by atoms with Crippen LogP contribution in [-0.2, 0) is 0 Å². The van der Waals surface area contributed by atoms with Gasteiger partial charge in [0.25, 0.3) is 0 Å². The van der Waals surface area contributed by atoms with E-state index in [1.807, 2.05) is 30.3 Å². The number of hydrazine groups is 1. The first kappa shape index (κ1) is 12.9. The molecule has 5 heteroatoms. The van der Waals surface area contributed by atoms with Gasteiger partial charge in [-0.15, -0.1) is 0 Å². The Balaban J connectivity index is 2.08. The Morgan fingerprint density at radius 2 is 1.94 bits per heavy atom. The van der Waals surface area contributed by atoms with E-state index in [4.69, 9.17) is 9.84 Å². The van der Waals surface area contributed by atoms with Crippen LogP contribution in [0, 0.1) is 0 Å². The Morgan fingerprint density at radius 3 is 2.62 bits per heavy atom. The van der Waals surface area contributed by atoms with E-state index in [-0.39, 0.29) is 13.2 Å². The Bertz CT molecular complexity index is 269. The number of aliphatic hydroxyl groups is 2. The van der Waals surface area contributed by atoms with Crippen LogP contribution >= 0.6 is 0 Å². The third-order valence-electron chi connectivity index (χ3n) is 1.89. The maximum atomic E-state index is 9.52. The van der Waals surface area contributed by atoms with Gasteiger partial charge in [0, 0.05) is 13.1 Å². The van der Waals surface area contributed by atoms with E-state index >= 15 is 0 Å². The predicted octanol–water partition coefficient (Wildman–Crippen LogP) is -0.487. The average molecular weight is 226 g/mol. The van der Waals surface area contributed by atoms with Gasteiger partial charge in [0.15, 0.2) is 0 Å². The van der Waals surface area contributed by atoms with Crippen molar-refractivity contribution >= 4 is 0 Å². The summed E-state index contributed by atoms with van der Waals surface area (Å²) in [4.78, 5) is 0. The minimum atomic E-state index is -0.591. The molecule has 0 fully saturated rings. The van der Waals surface area contributed by atoms with Crippen molar-refractivity contribution in [1.82, 2.24) is 10.9 Å². The maximum Gasteiger partial charge on any atom is 0.119 e. The minimum absolute atomic E-state index is 0.0591. The fraction of sp³-hybridized carbons (Fsp3) is 0.455. The molecule has 0 saturated heterocycles. The number of para-hydroxylation sites is 1. The molecule has 0 radical (unpaired) electrons. The van der Waals surface area contributed by atoms with Crippen molar-refractivity contribution in [3.8, 4) is 5.75 Å². The summed E-state index contributed by atoms with van der Waals surface area (Å²) in [6, 6.07) is 9.34. The van der Waals surface area contributed by atoms with Crippen LogP contribution in [-0.4, -0.2) is 42.6 Å². The first-order valence-electron chi connectivity index (χ1n) is 5.25. The molecule has 0 aromatic heterocycles. The lowest BCUT2D eigenvalue weighted by atomic mass is 10.3. The number of benzene rings is 1. The summed E-state index contributed by atoms with van der Waals surface area (Å²) in [6.45, 7) is 1.11. The van der Waals surface area contributed by atoms with Crippen molar-refractivity contribution in [2.75, 3.05) is 26.3 Å². The van der Waals surface area contributed by atoms with Gasteiger partial charge >= 0.3 is 0 Å². The van der Waals surface area contributed by atoms with E-state index < -0.39 is 6.10 Å². The monoisotopic (exact) mass is 226 g/mol. The van der Waals surface area contributed by atoms with Gasteiger partial charge in [-0.1, -0.05) is 18.2 Å². The van der Waals surface area contributed by atoms with Crippen LogP contribution in [0.5, 0.6) is 5.75 Å². The quantitative estimate of drug-likeness (QED) is 0.356. The van der Waals surface area contributed by atoms with Crippen LogP contribution < -0.4 is 15.6 Å². The first-order chi connectivity index (χ1) is 7.83. The zero-order valence-corrected chi connectivity index (χ0v) is 9.10. The van der Waals surface area contributed by atoms with Gasteiger partial charge in [0.05, 0.1) is 6.61 Å². The molecule has 0 aliphatic rings. The highest BCUT2D eigenvalue weighted by Crippen LogP contribution is 2.08. The zero-order chi connectivity index (χ0) is 11.6. The van der Waals surface area contributed by atoms with E-state index in [0.717, 1.165) is 5.75 Å². The van der Waals surface area contributed by atoms with Crippen LogP contribution in [0.25, 0.3) is 0 Å². The van der Waals surface area contributed by atoms with E-state index in [1.165, 1.54) is 0 Å². The minimum Gasteiger partial charge on any atom is -0.491 e. The summed E-state index contributed by atoms with van der Waals surface area (Å²) in [7, 11) is 0. The summed E-state index contributed by atoms with van der Waals surface area (Å²) in [6.07, 6.45) is -0.591. The predicted molar refractivity (Wildman–Crippen MR) is 61.0 cm³/mol. The number of hydrogen-bond donors (Lipinski definition) is 4. The van der Waals surface area contributed by atoms with Gasteiger partial charge in [-0.05, 0) is 12.1 Å². The second kappa shape index (κ2) is 8.06. The fourth-order valence-electron chi connectivity index (χ4n) is 1.10. The molecule has 0 unspecified atom stereocenters. The standard InChI is InChI=1S/C11H18N2O3/c14-7-6-12-13-8-10(15)9-16-11-4-2-1-3-5-11/h1-5,10,12-15H,6-9H2/t10-/m0/s1. The van der Waals surface area contributed by atoms with E-state index in [2.05, 4.69) is 10.9 Å².